The van der Waals surface area contributed by atoms with Gasteiger partial charge in [-0.3, -0.25) is 9.59 Å². The van der Waals surface area contributed by atoms with E-state index in [9.17, 15) is 23.9 Å². The van der Waals surface area contributed by atoms with E-state index in [0.29, 0.717) is 44.6 Å². The van der Waals surface area contributed by atoms with Crippen LogP contribution in [-0.2, 0) is 5.60 Å². The minimum atomic E-state index is -1.09. The number of nitrogens with one attached hydrogen (secondary N) is 2. The Kier molecular flexibility index (Phi) is 5.05. The molecular weight excluding hydrogens is 487 g/mol. The van der Waals surface area contributed by atoms with Crippen molar-refractivity contribution in [3.05, 3.63) is 115 Å². The third-order valence-electron chi connectivity index (χ3n) is 7.00. The van der Waals surface area contributed by atoms with Crippen LogP contribution in [0, 0.1) is 12.7 Å². The molecule has 6 rings (SSSR count). The lowest BCUT2D eigenvalue weighted by molar-refractivity contribution is 0.0787. The fourth-order valence-corrected chi connectivity index (χ4v) is 5.06. The SMILES string of the molecule is Cc1c(-c2ccc3c(=O)[nH]c4cc(C(C)(C)O)ccc4n23)cccc1-n1c(=O)[nH]c2cccc(F)c2c1=O. The van der Waals surface area contributed by atoms with E-state index >= 15 is 0 Å². The number of hydrogen-bond acceptors (Lipinski definition) is 4. The molecule has 0 aliphatic carbocycles. The van der Waals surface area contributed by atoms with Gasteiger partial charge in [-0.25, -0.2) is 13.8 Å². The Hall–Kier alpha value is -4.76. The summed E-state index contributed by atoms with van der Waals surface area (Å²) in [4.78, 5) is 44.7. The summed E-state index contributed by atoms with van der Waals surface area (Å²) in [5.41, 5.74) is 1.84. The van der Waals surface area contributed by atoms with Crippen LogP contribution >= 0.6 is 0 Å². The molecule has 0 radical (unpaired) electrons. The quantitative estimate of drug-likeness (QED) is 0.333. The van der Waals surface area contributed by atoms with Gasteiger partial charge in [0.1, 0.15) is 11.3 Å². The average molecular weight is 511 g/mol. The first-order valence-electron chi connectivity index (χ1n) is 12.0. The topological polar surface area (TPSA) is 112 Å². The summed E-state index contributed by atoms with van der Waals surface area (Å²) in [6.07, 6.45) is 0. The van der Waals surface area contributed by atoms with Crippen LogP contribution in [0.1, 0.15) is 25.0 Å². The third kappa shape index (κ3) is 3.43. The first kappa shape index (κ1) is 23.6. The van der Waals surface area contributed by atoms with Crippen molar-refractivity contribution in [1.29, 1.82) is 0 Å². The van der Waals surface area contributed by atoms with Crippen LogP contribution in [-0.4, -0.2) is 24.0 Å². The lowest BCUT2D eigenvalue weighted by atomic mass is 9.98. The lowest BCUT2D eigenvalue weighted by Gasteiger charge is -2.19. The second kappa shape index (κ2) is 8.12. The number of rotatable bonds is 3. The van der Waals surface area contributed by atoms with E-state index in [1.54, 1.807) is 57.2 Å². The molecule has 0 atom stereocenters. The van der Waals surface area contributed by atoms with Gasteiger partial charge in [-0.2, -0.15) is 0 Å². The number of halogens is 1. The number of nitrogens with zero attached hydrogens (tertiary/aromatic N) is 2. The fourth-order valence-electron chi connectivity index (χ4n) is 5.06. The van der Waals surface area contributed by atoms with Gasteiger partial charge in [-0.05, 0) is 74.4 Å². The Morgan fingerprint density at radius 3 is 2.37 bits per heavy atom. The molecule has 0 saturated carbocycles. The Morgan fingerprint density at radius 2 is 1.61 bits per heavy atom. The predicted molar refractivity (Wildman–Crippen MR) is 145 cm³/mol. The third-order valence-corrected chi connectivity index (χ3v) is 7.00. The summed E-state index contributed by atoms with van der Waals surface area (Å²) < 4.78 is 17.3. The second-order valence-corrected chi connectivity index (χ2v) is 9.87. The molecule has 9 heteroatoms. The van der Waals surface area contributed by atoms with Gasteiger partial charge in [-0.15, -0.1) is 0 Å². The minimum Gasteiger partial charge on any atom is -0.386 e. The van der Waals surface area contributed by atoms with Gasteiger partial charge in [0.15, 0.2) is 0 Å². The molecule has 3 N–H and O–H groups in total. The Morgan fingerprint density at radius 1 is 0.868 bits per heavy atom. The van der Waals surface area contributed by atoms with Gasteiger partial charge < -0.3 is 19.5 Å². The van der Waals surface area contributed by atoms with Crippen LogP contribution in [0.2, 0.25) is 0 Å². The number of aliphatic hydroxyl groups is 1. The normalized spacial score (nSPS) is 12.1. The smallest absolute Gasteiger partial charge is 0.333 e. The van der Waals surface area contributed by atoms with E-state index in [0.717, 1.165) is 4.57 Å². The van der Waals surface area contributed by atoms with Crippen LogP contribution in [0.15, 0.2) is 81.1 Å². The van der Waals surface area contributed by atoms with E-state index in [1.807, 2.05) is 16.5 Å². The number of benzene rings is 3. The Bertz CT molecular complexity index is 2110. The summed E-state index contributed by atoms with van der Waals surface area (Å²) in [6, 6.07) is 18.1. The molecule has 0 fully saturated rings. The zero-order valence-corrected chi connectivity index (χ0v) is 20.8. The maximum atomic E-state index is 14.6. The highest BCUT2D eigenvalue weighted by atomic mass is 19.1. The van der Waals surface area contributed by atoms with Crippen molar-refractivity contribution in [1.82, 2.24) is 18.9 Å². The average Bonchev–Trinajstić information content (AvgIpc) is 3.30. The summed E-state index contributed by atoms with van der Waals surface area (Å²) >= 11 is 0. The molecule has 8 nitrogen and oxygen atoms in total. The number of aromatic nitrogens is 4. The molecule has 0 unspecified atom stereocenters. The highest BCUT2D eigenvalue weighted by Gasteiger charge is 2.20. The molecule has 3 aromatic carbocycles. The van der Waals surface area contributed by atoms with Gasteiger partial charge in [0.25, 0.3) is 11.1 Å². The summed E-state index contributed by atoms with van der Waals surface area (Å²) in [5.74, 6) is -0.722. The van der Waals surface area contributed by atoms with Crippen molar-refractivity contribution in [2.75, 3.05) is 0 Å². The summed E-state index contributed by atoms with van der Waals surface area (Å²) in [6.45, 7) is 5.11. The van der Waals surface area contributed by atoms with E-state index in [1.165, 1.54) is 18.2 Å². The first-order valence-corrected chi connectivity index (χ1v) is 12.0. The van der Waals surface area contributed by atoms with Crippen molar-refractivity contribution in [3.63, 3.8) is 0 Å². The molecule has 0 amide bonds. The van der Waals surface area contributed by atoms with Gasteiger partial charge in [0.05, 0.1) is 38.9 Å². The van der Waals surface area contributed by atoms with Gasteiger partial charge in [0, 0.05) is 5.56 Å². The van der Waals surface area contributed by atoms with Crippen LogP contribution in [0.5, 0.6) is 0 Å². The van der Waals surface area contributed by atoms with Crippen LogP contribution in [0.4, 0.5) is 4.39 Å². The molecule has 0 saturated heterocycles. The molecule has 0 aliphatic heterocycles. The number of H-pyrrole nitrogens is 2. The van der Waals surface area contributed by atoms with Crippen molar-refractivity contribution in [2.45, 2.75) is 26.4 Å². The zero-order chi connectivity index (χ0) is 26.9. The highest BCUT2D eigenvalue weighted by Crippen LogP contribution is 2.31. The largest absolute Gasteiger partial charge is 0.386 e. The number of hydrogen-bond donors (Lipinski definition) is 3. The van der Waals surface area contributed by atoms with Crippen molar-refractivity contribution in [2.24, 2.45) is 0 Å². The molecule has 0 aliphatic rings. The monoisotopic (exact) mass is 510 g/mol. The summed E-state index contributed by atoms with van der Waals surface area (Å²) in [5, 5.41) is 10.2. The minimum absolute atomic E-state index is 0.124. The Labute approximate surface area is 214 Å². The van der Waals surface area contributed by atoms with Crippen molar-refractivity contribution >= 4 is 27.5 Å². The predicted octanol–water partition coefficient (Wildman–Crippen LogP) is 4.12. The van der Waals surface area contributed by atoms with E-state index in [4.69, 9.17) is 0 Å². The molecule has 38 heavy (non-hydrogen) atoms. The maximum absolute atomic E-state index is 14.6. The number of fused-ring (bicyclic) bond motifs is 4. The molecular formula is C29H23FN4O4. The van der Waals surface area contributed by atoms with E-state index in [2.05, 4.69) is 9.97 Å². The van der Waals surface area contributed by atoms with E-state index in [-0.39, 0.29) is 16.5 Å². The van der Waals surface area contributed by atoms with Crippen LogP contribution in [0.3, 0.4) is 0 Å². The zero-order valence-electron chi connectivity index (χ0n) is 20.8. The molecule has 3 aromatic heterocycles. The van der Waals surface area contributed by atoms with Crippen LogP contribution < -0.4 is 16.8 Å². The van der Waals surface area contributed by atoms with Crippen molar-refractivity contribution in [3.8, 4) is 16.9 Å². The van der Waals surface area contributed by atoms with Crippen LogP contribution in [0.25, 0.3) is 44.4 Å². The lowest BCUT2D eigenvalue weighted by Crippen LogP contribution is -2.34. The molecule has 190 valence electrons. The first-order chi connectivity index (χ1) is 18.1. The fraction of sp³-hybridized carbons (Fsp3) is 0.138. The second-order valence-electron chi connectivity index (χ2n) is 9.87. The molecule has 0 bridgehead atoms. The van der Waals surface area contributed by atoms with E-state index < -0.39 is 22.7 Å². The van der Waals surface area contributed by atoms with Gasteiger partial charge in [0.2, 0.25) is 0 Å². The van der Waals surface area contributed by atoms with Crippen molar-refractivity contribution < 1.29 is 9.50 Å². The highest BCUT2D eigenvalue weighted by molar-refractivity contribution is 5.84. The molecule has 0 spiro atoms. The molecule has 6 aromatic rings. The van der Waals surface area contributed by atoms with Gasteiger partial charge >= 0.3 is 5.69 Å². The summed E-state index contributed by atoms with van der Waals surface area (Å²) in [7, 11) is 0. The Balaban J connectivity index is 1.64. The molecule has 3 heterocycles. The maximum Gasteiger partial charge on any atom is 0.333 e. The number of aromatic amines is 2. The van der Waals surface area contributed by atoms with Gasteiger partial charge in [-0.1, -0.05) is 24.3 Å². The standard InChI is InChI=1S/C29H23FN4O4/c1-15-17(6-4-9-21(15)34-27(36)25-18(30)7-5-8-19(25)32-28(34)37)22-12-13-24-26(35)31-20-14-16(29(2,3)38)10-11-23(20)33(22)24/h4-14,38H,1-3H3,(H,31,35)(H,32,37).